The molecule has 4 heterocycles. The van der Waals surface area contributed by atoms with Crippen molar-refractivity contribution in [1.82, 2.24) is 50.8 Å². The summed E-state index contributed by atoms with van der Waals surface area (Å²) >= 11 is 32.3. The Morgan fingerprint density at radius 3 is 1.04 bits per heavy atom. The van der Waals surface area contributed by atoms with E-state index < -0.39 is 59.0 Å². The predicted molar refractivity (Wildman–Crippen MR) is 548 cm³/mol. The van der Waals surface area contributed by atoms with Crippen molar-refractivity contribution in [3.8, 4) is 85.8 Å². The molecule has 0 saturated carbocycles. The molecule has 2 amide bonds. The van der Waals surface area contributed by atoms with E-state index in [4.69, 9.17) is 68.6 Å². The Kier molecular flexibility index (Phi) is 52.0. The van der Waals surface area contributed by atoms with Crippen LogP contribution in [0.3, 0.4) is 0 Å². The van der Waals surface area contributed by atoms with Gasteiger partial charge in [0.25, 0.3) is 0 Å². The molecule has 10 aromatic carbocycles. The van der Waals surface area contributed by atoms with Gasteiger partial charge in [0.2, 0.25) is 23.3 Å². The van der Waals surface area contributed by atoms with Crippen LogP contribution in [0.25, 0.3) is 45.6 Å². The monoisotopic (exact) mass is 2510 g/mol. The van der Waals surface area contributed by atoms with Gasteiger partial charge in [-0.25, -0.2) is 9.59 Å². The van der Waals surface area contributed by atoms with Gasteiger partial charge in [0.1, 0.15) is 53.5 Å². The number of halogens is 18. The zero-order chi connectivity index (χ0) is 99.3. The number of aromatic hydroxyl groups is 2. The summed E-state index contributed by atoms with van der Waals surface area (Å²) < 4.78 is 175. The highest BCUT2D eigenvalue weighted by Crippen LogP contribution is 2.43. The number of amides is 2. The number of rotatable bonds is 26. The maximum absolute atomic E-state index is 12.9. The normalized spacial score (nSPS) is 10.5. The van der Waals surface area contributed by atoms with Crippen LogP contribution in [-0.4, -0.2) is 129 Å². The SMILES string of the molecule is C.C.C.C.C.CCN(Cc1cccc(C(F)(F)F)c1)C(=O)c1nc(-c2cc(Br)c(O)c(Br)c2)no1.CCOC(=O)c1nc(-c2cc(Br)c(O)c(Br)c2)no1.CCOC(=O)c1nc(-c2cc(Br)c(OCc3ccc(OC)cc3)c(Br)c2)no1.COc1ccc(CCl)cc1.COc1ccc(COc2c(Br)cc(-c3noc(C(=O)NCc4cccc(C(F)(F)F)c4)n3)cc2Br)cc1.NCc1cccc(C(F)(F)F)c1.[2HH].[B]. The van der Waals surface area contributed by atoms with Crippen molar-refractivity contribution in [2.24, 2.45) is 5.73 Å². The van der Waals surface area contributed by atoms with Gasteiger partial charge in [-0.15, -0.1) is 11.6 Å². The van der Waals surface area contributed by atoms with Crippen LogP contribution in [0.4, 0.5) is 39.5 Å². The zero-order valence-electron chi connectivity index (χ0n) is 71.8. The second-order valence-corrected chi connectivity index (χ2v) is 34.4. The van der Waals surface area contributed by atoms with Crippen molar-refractivity contribution in [2.45, 2.75) is 115 Å². The molecule has 761 valence electrons. The van der Waals surface area contributed by atoms with Crippen LogP contribution in [-0.2, 0) is 66.7 Å². The number of nitrogens with zero attached hydrogens (tertiary/aromatic N) is 9. The molecular weight excluding hydrogens is 2420 g/mol. The third kappa shape index (κ3) is 36.6. The number of nitrogens with two attached hydrogens (primary N) is 1. The Hall–Kier alpha value is -11.2. The van der Waals surface area contributed by atoms with Crippen molar-refractivity contribution in [3.63, 3.8) is 0 Å². The van der Waals surface area contributed by atoms with Gasteiger partial charge >= 0.3 is 65.8 Å². The third-order valence-corrected chi connectivity index (χ3v) is 23.0. The summed E-state index contributed by atoms with van der Waals surface area (Å²) in [5.41, 5.74) is 9.37. The Balaban J connectivity index is 0.000000600. The van der Waals surface area contributed by atoms with Crippen LogP contribution in [0, 0.1) is 0 Å². The summed E-state index contributed by atoms with van der Waals surface area (Å²) in [7, 11) is 4.87. The lowest BCUT2D eigenvalue weighted by Crippen LogP contribution is -2.30. The number of aromatic nitrogens is 8. The van der Waals surface area contributed by atoms with Crippen molar-refractivity contribution in [3.05, 3.63) is 304 Å². The van der Waals surface area contributed by atoms with Gasteiger partial charge in [-0.1, -0.05) is 137 Å². The molecule has 0 saturated heterocycles. The van der Waals surface area contributed by atoms with Gasteiger partial charge in [-0.3, -0.25) is 9.59 Å². The van der Waals surface area contributed by atoms with Crippen LogP contribution < -0.4 is 34.7 Å². The number of nitrogens with one attached hydrogen (secondary N) is 1. The molecule has 0 aliphatic rings. The van der Waals surface area contributed by atoms with E-state index in [1.165, 1.54) is 35.2 Å². The van der Waals surface area contributed by atoms with Crippen molar-refractivity contribution < 1.29 is 122 Å². The first kappa shape index (κ1) is 125. The van der Waals surface area contributed by atoms with Gasteiger partial charge in [0.15, 0.2) is 0 Å². The number of ether oxygens (including phenoxy) is 7. The quantitative estimate of drug-likeness (QED) is 0.0169. The van der Waals surface area contributed by atoms with Crippen LogP contribution in [0.15, 0.2) is 248 Å². The van der Waals surface area contributed by atoms with Crippen LogP contribution >= 0.6 is 139 Å². The third-order valence-electron chi connectivity index (χ3n) is 17.9. The molecule has 0 fully saturated rings. The smallest absolute Gasteiger partial charge is 0.416 e. The maximum atomic E-state index is 12.9. The molecular formula is C95H95BBr8ClF9N11O17. The van der Waals surface area contributed by atoms with E-state index in [9.17, 15) is 68.9 Å². The molecule has 0 aliphatic heterocycles. The first-order valence-corrected chi connectivity index (χ1v) is 46.1. The average molecular weight is 2520 g/mol. The topological polar surface area (TPSA) is 370 Å². The number of hydrogen-bond acceptors (Lipinski definition) is 26. The highest BCUT2D eigenvalue weighted by molar-refractivity contribution is 9.12. The van der Waals surface area contributed by atoms with E-state index in [1.54, 1.807) is 96.7 Å². The highest BCUT2D eigenvalue weighted by Gasteiger charge is 2.34. The first-order valence-electron chi connectivity index (χ1n) is 39.2. The summed E-state index contributed by atoms with van der Waals surface area (Å²) in [4.78, 5) is 65.7. The molecule has 47 heteroatoms. The molecule has 0 unspecified atom stereocenters. The lowest BCUT2D eigenvalue weighted by Gasteiger charge is -2.19. The number of esters is 2. The van der Waals surface area contributed by atoms with Gasteiger partial charge in [-0.2, -0.15) is 59.4 Å². The number of phenolic OH excluding ortho intramolecular Hbond substituents is 2. The number of carbonyl (C=O) groups excluding carboxylic acids is 4. The van der Waals surface area contributed by atoms with Crippen LogP contribution in [0.1, 0.15) is 152 Å². The fraction of sp³-hybridized carbons (Fsp3) is 0.242. The average Bonchev–Trinajstić information content (AvgIpc) is 1.71. The van der Waals surface area contributed by atoms with Gasteiger partial charge in [-0.05, 0) is 297 Å². The molecule has 142 heavy (non-hydrogen) atoms. The van der Waals surface area contributed by atoms with E-state index in [0.29, 0.717) is 99.8 Å². The molecule has 5 N–H and O–H groups in total. The first-order chi connectivity index (χ1) is 64.7. The fourth-order valence-corrected chi connectivity index (χ4v) is 16.5. The molecule has 14 aromatic rings. The summed E-state index contributed by atoms with van der Waals surface area (Å²) in [5.74, 6) is 1.32. The minimum Gasteiger partial charge on any atom is -0.506 e. The summed E-state index contributed by atoms with van der Waals surface area (Å²) in [6.07, 6.45) is -13.2. The van der Waals surface area contributed by atoms with E-state index in [0.717, 1.165) is 70.3 Å². The Labute approximate surface area is 887 Å². The zero-order valence-corrected chi connectivity index (χ0v) is 85.3. The number of alkyl halides is 10. The van der Waals surface area contributed by atoms with Crippen molar-refractivity contribution >= 4 is 171 Å². The molecule has 28 nitrogen and oxygen atoms in total. The number of hydrogen-bond donors (Lipinski definition) is 4. The maximum Gasteiger partial charge on any atom is 0.416 e. The molecule has 0 spiro atoms. The van der Waals surface area contributed by atoms with Gasteiger partial charge < -0.3 is 77.4 Å². The molecule has 4 aromatic heterocycles. The summed E-state index contributed by atoms with van der Waals surface area (Å²) in [5, 5.41) is 37.0. The van der Waals surface area contributed by atoms with Crippen LogP contribution in [0.2, 0.25) is 0 Å². The van der Waals surface area contributed by atoms with E-state index in [-0.39, 0.29) is 150 Å². The Morgan fingerprint density at radius 1 is 0.415 bits per heavy atom. The number of phenols is 2. The fourth-order valence-electron chi connectivity index (χ4n) is 11.1. The van der Waals surface area contributed by atoms with Crippen molar-refractivity contribution in [2.75, 3.05) is 41.1 Å². The number of benzene rings is 10. The predicted octanol–water partition coefficient (Wildman–Crippen LogP) is 28.3. The second kappa shape index (κ2) is 59.1. The van der Waals surface area contributed by atoms with Crippen LogP contribution in [0.5, 0.6) is 40.2 Å². The minimum atomic E-state index is -4.47. The minimum absolute atomic E-state index is 0. The van der Waals surface area contributed by atoms with E-state index in [1.807, 2.05) is 72.8 Å². The number of carbonyl (C=O) groups is 4. The molecule has 0 atom stereocenters. The Morgan fingerprint density at radius 2 is 0.711 bits per heavy atom. The lowest BCUT2D eigenvalue weighted by molar-refractivity contribution is -0.138. The van der Waals surface area contributed by atoms with E-state index in [2.05, 4.69) is 173 Å². The standard InChI is InChI=1S/C25H18Br2F3N3O4.C19H14Br2F3N3O3.C19H16Br2N2O5.C11H8Br2N2O4.C8H9ClO.C8H8F3N.5CH4.B.H2/c1-35-18-7-5-14(6-8-18)13-36-21-19(26)10-16(11-20(21)27)22-32-24(37-33-22)23(34)31-12-15-3-2-4-17(9-15)25(28,29)30;1-2-27(9-10-4-3-5-12(6-10)19(22,23)24)18(29)17-25-16(26-30-17)11-7-13(20)15(28)14(21)8-11;1-3-26-19(24)18-22-17(23-28-18)12-8-14(20)16(15(21)9-12)27-10-11-4-6-13(25-2)7-5-11;1-2-18-11(17)10-14-9(15-19-10)5-3-6(12)8(16)7(13)4-5;1-10-8-4-2-7(6-9)3-5-8;9-8(10,11)7-3-1-2-6(4-7)5-12;;;;;;;/h2-11H,12-13H2,1H3,(H,31,34);3-8,28H,2,9H2,1H3;4-9H,3,10H2,1-2H3;3-4,16H,2H2,1H3;2-5H,6H2,1H3;1-4H,5,12H2;5*1H4;;1H/i;;;;;;;;;;;;1+1. The second-order valence-electron chi connectivity index (χ2n) is 27.3. The molecule has 14 rings (SSSR count). The largest absolute Gasteiger partial charge is 0.506 e. The lowest BCUT2D eigenvalue weighted by atomic mass is 10.1. The molecule has 3 radical (unpaired) electrons. The summed E-state index contributed by atoms with van der Waals surface area (Å²) in [6, 6.07) is 50.6. The number of methoxy groups -OCH3 is 3. The van der Waals surface area contributed by atoms with Gasteiger partial charge in [0.05, 0.1) is 87.0 Å². The Bertz CT molecular complexity index is 6310. The van der Waals surface area contributed by atoms with Gasteiger partial charge in [0, 0.05) is 64.2 Å². The van der Waals surface area contributed by atoms with Crippen molar-refractivity contribution in [1.29, 1.82) is 0 Å². The summed E-state index contributed by atoms with van der Waals surface area (Å²) in [6.45, 7) is 6.40. The van der Waals surface area contributed by atoms with E-state index >= 15 is 0 Å². The molecule has 0 bridgehead atoms. The highest BCUT2D eigenvalue weighted by atomic mass is 79.9. The molecule has 0 aliphatic carbocycles.